The summed E-state index contributed by atoms with van der Waals surface area (Å²) in [5, 5.41) is 2.94. The van der Waals surface area contributed by atoms with Crippen LogP contribution >= 0.6 is 0 Å². The lowest BCUT2D eigenvalue weighted by Crippen LogP contribution is -2.47. The Morgan fingerprint density at radius 1 is 1.00 bits per heavy atom. The van der Waals surface area contributed by atoms with Crippen LogP contribution in [0.1, 0.15) is 24.4 Å². The van der Waals surface area contributed by atoms with Gasteiger partial charge in [0.05, 0.1) is 37.2 Å². The van der Waals surface area contributed by atoms with Crippen LogP contribution in [-0.2, 0) is 9.59 Å². The van der Waals surface area contributed by atoms with Gasteiger partial charge in [-0.2, -0.15) is 0 Å². The monoisotopic (exact) mass is 470 g/mol. The Labute approximate surface area is 202 Å². The van der Waals surface area contributed by atoms with Crippen LogP contribution in [0.15, 0.2) is 72.8 Å². The van der Waals surface area contributed by atoms with E-state index in [1.54, 1.807) is 31.3 Å². The molecule has 1 aromatic heterocycles. The van der Waals surface area contributed by atoms with E-state index in [9.17, 15) is 9.59 Å². The minimum absolute atomic E-state index is 0.0566. The van der Waals surface area contributed by atoms with Gasteiger partial charge in [0.2, 0.25) is 17.8 Å². The van der Waals surface area contributed by atoms with Gasteiger partial charge in [-0.15, -0.1) is 0 Å². The van der Waals surface area contributed by atoms with E-state index in [-0.39, 0.29) is 18.2 Å². The van der Waals surface area contributed by atoms with Gasteiger partial charge in [0.15, 0.2) is 0 Å². The Morgan fingerprint density at radius 3 is 2.49 bits per heavy atom. The molecule has 2 amide bonds. The molecule has 8 heteroatoms. The molecule has 3 aromatic carbocycles. The molecule has 1 aliphatic heterocycles. The number of rotatable bonds is 6. The molecule has 2 N–H and O–H groups in total. The highest BCUT2D eigenvalue weighted by Crippen LogP contribution is 2.43. The van der Waals surface area contributed by atoms with Crippen LogP contribution in [0.2, 0.25) is 0 Å². The molecule has 8 nitrogen and oxygen atoms in total. The number of carbonyl (C=O) groups excluding carboxylic acids is 2. The van der Waals surface area contributed by atoms with Crippen molar-refractivity contribution in [2.45, 2.75) is 18.9 Å². The number of methoxy groups -OCH3 is 2. The molecule has 1 saturated heterocycles. The third-order valence-corrected chi connectivity index (χ3v) is 6.37. The van der Waals surface area contributed by atoms with E-state index in [0.29, 0.717) is 29.6 Å². The van der Waals surface area contributed by atoms with Gasteiger partial charge in [0.25, 0.3) is 0 Å². The van der Waals surface area contributed by atoms with E-state index < -0.39 is 12.0 Å². The molecule has 0 unspecified atom stereocenters. The number of ether oxygens (including phenoxy) is 2. The minimum Gasteiger partial charge on any atom is -0.497 e. The zero-order valence-electron chi connectivity index (χ0n) is 19.5. The van der Waals surface area contributed by atoms with Crippen molar-refractivity contribution in [1.82, 2.24) is 9.97 Å². The normalized spacial score (nSPS) is 17.9. The van der Waals surface area contributed by atoms with E-state index in [0.717, 1.165) is 16.6 Å². The standard InChI is InChI=1S/C27H26N4O4/c1-34-18-13-11-17(12-14-18)31-24(32)16-15-20(25(31)19-7-3-6-10-23(19)35-2)26(33)30-27-28-21-8-4-5-9-22(21)29-27/h3-14,20,25H,15-16H2,1-2H3,(H2,28,29,30,33)/t20-,25+/m1/s1. The molecule has 4 aromatic rings. The number of benzene rings is 3. The Morgan fingerprint density at radius 2 is 1.74 bits per heavy atom. The third kappa shape index (κ3) is 4.30. The molecule has 1 aliphatic rings. The summed E-state index contributed by atoms with van der Waals surface area (Å²) in [4.78, 5) is 36.2. The summed E-state index contributed by atoms with van der Waals surface area (Å²) in [5.74, 6) is 0.880. The number of nitrogens with zero attached hydrogens (tertiary/aromatic N) is 2. The van der Waals surface area contributed by atoms with Crippen LogP contribution < -0.4 is 19.7 Å². The molecular weight excluding hydrogens is 444 g/mol. The van der Waals surface area contributed by atoms with E-state index in [1.807, 2.05) is 60.7 Å². The molecular formula is C27H26N4O4. The zero-order valence-corrected chi connectivity index (χ0v) is 19.5. The molecule has 1 fully saturated rings. The Kier molecular flexibility index (Phi) is 6.10. The van der Waals surface area contributed by atoms with Gasteiger partial charge in [-0.3, -0.25) is 14.9 Å². The summed E-state index contributed by atoms with van der Waals surface area (Å²) in [7, 11) is 3.18. The average molecular weight is 471 g/mol. The van der Waals surface area contributed by atoms with Gasteiger partial charge in [-0.25, -0.2) is 4.98 Å². The number of H-pyrrole nitrogens is 1. The Hall–Kier alpha value is -4.33. The van der Waals surface area contributed by atoms with Crippen molar-refractivity contribution in [3.05, 3.63) is 78.4 Å². The molecule has 5 rings (SSSR count). The van der Waals surface area contributed by atoms with Gasteiger partial charge in [0.1, 0.15) is 11.5 Å². The molecule has 35 heavy (non-hydrogen) atoms. The summed E-state index contributed by atoms with van der Waals surface area (Å²) in [6, 6.07) is 21.8. The van der Waals surface area contributed by atoms with Crippen LogP contribution in [0.25, 0.3) is 11.0 Å². The van der Waals surface area contributed by atoms with E-state index in [1.165, 1.54) is 0 Å². The Bertz CT molecular complexity index is 1330. The van der Waals surface area contributed by atoms with E-state index >= 15 is 0 Å². The lowest BCUT2D eigenvalue weighted by atomic mass is 9.82. The second-order valence-electron chi connectivity index (χ2n) is 8.39. The first-order chi connectivity index (χ1) is 17.1. The summed E-state index contributed by atoms with van der Waals surface area (Å²) in [5.41, 5.74) is 3.06. The van der Waals surface area contributed by atoms with Gasteiger partial charge < -0.3 is 19.4 Å². The highest BCUT2D eigenvalue weighted by Gasteiger charge is 2.42. The maximum absolute atomic E-state index is 13.6. The predicted molar refractivity (Wildman–Crippen MR) is 134 cm³/mol. The van der Waals surface area contributed by atoms with Gasteiger partial charge in [0, 0.05) is 17.7 Å². The number of aromatic amines is 1. The fourth-order valence-electron chi connectivity index (χ4n) is 4.70. The molecule has 0 aliphatic carbocycles. The van der Waals surface area contributed by atoms with Crippen molar-refractivity contribution >= 4 is 34.5 Å². The number of piperidine rings is 1. The van der Waals surface area contributed by atoms with Crippen molar-refractivity contribution in [2.75, 3.05) is 24.4 Å². The first-order valence-corrected chi connectivity index (χ1v) is 11.4. The number of aromatic nitrogens is 2. The van der Waals surface area contributed by atoms with Crippen molar-refractivity contribution in [3.8, 4) is 11.5 Å². The highest BCUT2D eigenvalue weighted by molar-refractivity contribution is 6.00. The third-order valence-electron chi connectivity index (χ3n) is 6.37. The van der Waals surface area contributed by atoms with Crippen molar-refractivity contribution < 1.29 is 19.1 Å². The number of anilines is 2. The first-order valence-electron chi connectivity index (χ1n) is 11.4. The number of fused-ring (bicyclic) bond motifs is 1. The summed E-state index contributed by atoms with van der Waals surface area (Å²) >= 11 is 0. The topological polar surface area (TPSA) is 96.5 Å². The molecule has 2 atom stereocenters. The van der Waals surface area contributed by atoms with E-state index in [2.05, 4.69) is 15.3 Å². The van der Waals surface area contributed by atoms with Crippen LogP contribution in [0, 0.1) is 5.92 Å². The zero-order chi connectivity index (χ0) is 24.4. The highest BCUT2D eigenvalue weighted by atomic mass is 16.5. The van der Waals surface area contributed by atoms with Crippen LogP contribution in [0.4, 0.5) is 11.6 Å². The lowest BCUT2D eigenvalue weighted by molar-refractivity contribution is -0.126. The summed E-state index contributed by atoms with van der Waals surface area (Å²) < 4.78 is 10.9. The van der Waals surface area contributed by atoms with Crippen LogP contribution in [0.5, 0.6) is 11.5 Å². The molecule has 0 saturated carbocycles. The minimum atomic E-state index is -0.565. The van der Waals surface area contributed by atoms with Gasteiger partial charge in [-0.1, -0.05) is 30.3 Å². The van der Waals surface area contributed by atoms with Crippen molar-refractivity contribution in [1.29, 1.82) is 0 Å². The second kappa shape index (κ2) is 9.50. The summed E-state index contributed by atoms with van der Waals surface area (Å²) in [6.07, 6.45) is 0.649. The first kappa shape index (κ1) is 22.5. The maximum Gasteiger partial charge on any atom is 0.232 e. The number of imidazole rings is 1. The predicted octanol–water partition coefficient (Wildman–Crippen LogP) is 4.70. The fraction of sp³-hybridized carbons (Fsp3) is 0.222. The number of hydrogen-bond donors (Lipinski definition) is 2. The van der Waals surface area contributed by atoms with Gasteiger partial charge in [-0.05, 0) is 48.9 Å². The lowest BCUT2D eigenvalue weighted by Gasteiger charge is -2.41. The summed E-state index contributed by atoms with van der Waals surface area (Å²) in [6.45, 7) is 0. The van der Waals surface area contributed by atoms with Crippen LogP contribution in [-0.4, -0.2) is 36.0 Å². The molecule has 0 spiro atoms. The number of carbonyl (C=O) groups is 2. The van der Waals surface area contributed by atoms with E-state index in [4.69, 9.17) is 9.47 Å². The smallest absolute Gasteiger partial charge is 0.232 e. The SMILES string of the molecule is COc1ccc(N2C(=O)CC[C@@H](C(=O)Nc3nc4ccccc4[nH]3)[C@@H]2c2ccccc2OC)cc1. The maximum atomic E-state index is 13.6. The van der Waals surface area contributed by atoms with Crippen molar-refractivity contribution in [3.63, 3.8) is 0 Å². The van der Waals surface area contributed by atoms with Gasteiger partial charge >= 0.3 is 0 Å². The number of para-hydroxylation sites is 3. The van der Waals surface area contributed by atoms with Crippen molar-refractivity contribution in [2.24, 2.45) is 5.92 Å². The Balaban J connectivity index is 1.55. The molecule has 2 heterocycles. The second-order valence-corrected chi connectivity index (χ2v) is 8.39. The fourth-order valence-corrected chi connectivity index (χ4v) is 4.70. The molecule has 0 radical (unpaired) electrons. The number of hydrogen-bond acceptors (Lipinski definition) is 5. The average Bonchev–Trinajstić information content (AvgIpc) is 3.30. The largest absolute Gasteiger partial charge is 0.497 e. The number of nitrogens with one attached hydrogen (secondary N) is 2. The van der Waals surface area contributed by atoms with Crippen LogP contribution in [0.3, 0.4) is 0 Å². The molecule has 0 bridgehead atoms. The number of amides is 2. The molecule has 178 valence electrons. The quantitative estimate of drug-likeness (QED) is 0.426.